The molecule has 110 valence electrons. The van der Waals surface area contributed by atoms with Gasteiger partial charge in [-0.1, -0.05) is 0 Å². The molecule has 21 heavy (non-hydrogen) atoms. The SMILES string of the molecule is [2H]c1nc([2H])c(C([2H])([2H])[2H])nc1-n1nc([2H])c(B2OC(C)(C)C(C)(C)O2)c1[2H]. The Kier molecular flexibility index (Phi) is 1.78. The highest BCUT2D eigenvalue weighted by atomic mass is 16.7. The van der Waals surface area contributed by atoms with E-state index < -0.39 is 43.2 Å². The van der Waals surface area contributed by atoms with Crippen LogP contribution in [0.3, 0.4) is 0 Å². The molecule has 1 fully saturated rings. The van der Waals surface area contributed by atoms with Crippen LogP contribution in [0.15, 0.2) is 24.7 Å². The first-order valence-corrected chi connectivity index (χ1v) is 6.43. The third kappa shape index (κ3) is 2.47. The lowest BCUT2D eigenvalue weighted by Gasteiger charge is -2.32. The fourth-order valence-corrected chi connectivity index (χ4v) is 1.82. The van der Waals surface area contributed by atoms with E-state index in [1.807, 2.05) is 27.7 Å². The lowest BCUT2D eigenvalue weighted by molar-refractivity contribution is 0.00578. The third-order valence-corrected chi connectivity index (χ3v) is 3.72. The molecule has 2 aromatic heterocycles. The second kappa shape index (κ2) is 4.64. The number of aromatic nitrogens is 4. The quantitative estimate of drug-likeness (QED) is 0.780. The minimum Gasteiger partial charge on any atom is -0.399 e. The first-order chi connectivity index (χ1) is 12.7. The van der Waals surface area contributed by atoms with E-state index in [9.17, 15) is 0 Å². The number of rotatable bonds is 2. The van der Waals surface area contributed by atoms with Gasteiger partial charge in [0.2, 0.25) is 0 Å². The Morgan fingerprint density at radius 1 is 1.19 bits per heavy atom. The molecule has 2 aromatic rings. The number of aryl methyl sites for hydroxylation is 1. The average molecular weight is 293 g/mol. The van der Waals surface area contributed by atoms with Crippen molar-refractivity contribution in [3.05, 3.63) is 30.4 Å². The summed E-state index contributed by atoms with van der Waals surface area (Å²) in [7, 11) is -1.03. The van der Waals surface area contributed by atoms with Gasteiger partial charge in [-0.05, 0) is 34.5 Å². The van der Waals surface area contributed by atoms with E-state index in [0.29, 0.717) is 0 Å². The molecule has 0 bridgehead atoms. The smallest absolute Gasteiger partial charge is 0.399 e. The van der Waals surface area contributed by atoms with E-state index in [1.54, 1.807) is 0 Å². The maximum Gasteiger partial charge on any atom is 0.498 e. The Morgan fingerprint density at radius 3 is 2.57 bits per heavy atom. The van der Waals surface area contributed by atoms with Crippen molar-refractivity contribution in [2.75, 3.05) is 0 Å². The van der Waals surface area contributed by atoms with Crippen molar-refractivity contribution in [3.8, 4) is 5.82 Å². The van der Waals surface area contributed by atoms with Crippen molar-refractivity contribution < 1.29 is 18.9 Å². The van der Waals surface area contributed by atoms with Gasteiger partial charge in [0.25, 0.3) is 0 Å². The first kappa shape index (κ1) is 8.05. The standard InChI is InChI=1S/C14H19BN4O2/c1-10-6-16-8-12(18-10)19-9-11(7-17-19)15-20-13(2,3)14(4,5)21-15/h6-9H,1-5H3/i1D3,6D,7D,8D,9D. The second-order valence-electron chi connectivity index (χ2n) is 5.76. The van der Waals surface area contributed by atoms with Crippen molar-refractivity contribution in [3.63, 3.8) is 0 Å². The molecule has 0 saturated carbocycles. The highest BCUT2D eigenvalue weighted by Gasteiger charge is 2.52. The summed E-state index contributed by atoms with van der Waals surface area (Å²) in [6.45, 7) is 4.59. The van der Waals surface area contributed by atoms with Gasteiger partial charge in [0, 0.05) is 28.1 Å². The number of nitrogens with zero attached hydrogens (tertiary/aromatic N) is 4. The van der Waals surface area contributed by atoms with Crippen molar-refractivity contribution in [2.45, 2.75) is 45.7 Å². The molecule has 0 N–H and O–H groups in total. The van der Waals surface area contributed by atoms with Gasteiger partial charge in [0.1, 0.15) is 0 Å². The monoisotopic (exact) mass is 293 g/mol. The highest BCUT2D eigenvalue weighted by Crippen LogP contribution is 2.36. The van der Waals surface area contributed by atoms with E-state index in [-0.39, 0.29) is 23.6 Å². The lowest BCUT2D eigenvalue weighted by Crippen LogP contribution is -2.41. The second-order valence-corrected chi connectivity index (χ2v) is 5.76. The summed E-state index contributed by atoms with van der Waals surface area (Å²) in [5, 5.41) is 3.90. The maximum atomic E-state index is 8.39. The molecule has 0 spiro atoms. The Hall–Kier alpha value is -1.73. The van der Waals surface area contributed by atoms with E-state index >= 15 is 0 Å². The summed E-state index contributed by atoms with van der Waals surface area (Å²) >= 11 is 0. The molecule has 0 aromatic carbocycles. The summed E-state index contributed by atoms with van der Waals surface area (Å²) < 4.78 is 67.0. The molecule has 3 heterocycles. The third-order valence-electron chi connectivity index (χ3n) is 3.72. The normalized spacial score (nSPS) is 25.3. The zero-order valence-corrected chi connectivity index (χ0v) is 12.2. The van der Waals surface area contributed by atoms with E-state index in [0.717, 1.165) is 4.68 Å². The van der Waals surface area contributed by atoms with Crippen LogP contribution in [0.5, 0.6) is 0 Å². The fraction of sp³-hybridized carbons (Fsp3) is 0.500. The van der Waals surface area contributed by atoms with Crippen LogP contribution in [0, 0.1) is 6.85 Å². The molecule has 6 nitrogen and oxygen atoms in total. The van der Waals surface area contributed by atoms with E-state index in [1.165, 1.54) is 0 Å². The van der Waals surface area contributed by atoms with Gasteiger partial charge in [-0.2, -0.15) is 5.10 Å². The summed E-state index contributed by atoms with van der Waals surface area (Å²) in [5.74, 6) is -0.358. The summed E-state index contributed by atoms with van der Waals surface area (Å²) in [6, 6.07) is 0. The van der Waals surface area contributed by atoms with Crippen molar-refractivity contribution >= 4 is 12.6 Å². The number of hydrogen-bond acceptors (Lipinski definition) is 5. The molecule has 3 rings (SSSR count). The highest BCUT2D eigenvalue weighted by molar-refractivity contribution is 6.62. The Morgan fingerprint density at radius 2 is 1.90 bits per heavy atom. The molecular formula is C14H19BN4O2. The molecule has 1 saturated heterocycles. The maximum absolute atomic E-state index is 8.39. The average Bonchev–Trinajstić information content (AvgIpc) is 2.90. The Labute approximate surface area is 134 Å². The van der Waals surface area contributed by atoms with Gasteiger partial charge >= 0.3 is 7.12 Å². The number of hydrogen-bond donors (Lipinski definition) is 0. The van der Waals surface area contributed by atoms with E-state index in [2.05, 4.69) is 15.1 Å². The van der Waals surface area contributed by atoms with Crippen LogP contribution in [0.4, 0.5) is 0 Å². The molecule has 0 atom stereocenters. The minimum absolute atomic E-state index is 0.0326. The van der Waals surface area contributed by atoms with Crippen LogP contribution in [0.25, 0.3) is 5.82 Å². The molecular weight excluding hydrogens is 267 g/mol. The van der Waals surface area contributed by atoms with Gasteiger partial charge in [-0.25, -0.2) is 9.67 Å². The van der Waals surface area contributed by atoms with E-state index in [4.69, 9.17) is 18.9 Å². The molecule has 0 amide bonds. The molecule has 1 aliphatic rings. The van der Waals surface area contributed by atoms with Gasteiger partial charge in [0.05, 0.1) is 28.6 Å². The van der Waals surface area contributed by atoms with Gasteiger partial charge in [-0.15, -0.1) is 0 Å². The predicted octanol–water partition coefficient (Wildman–Crippen LogP) is 1.27. The van der Waals surface area contributed by atoms with Crippen LogP contribution < -0.4 is 5.46 Å². The van der Waals surface area contributed by atoms with Crippen molar-refractivity contribution in [2.24, 2.45) is 0 Å². The van der Waals surface area contributed by atoms with Gasteiger partial charge in [0.15, 0.2) is 5.82 Å². The van der Waals surface area contributed by atoms with Crippen molar-refractivity contribution in [1.29, 1.82) is 0 Å². The molecule has 0 aliphatic carbocycles. The van der Waals surface area contributed by atoms with Gasteiger partial charge in [-0.3, -0.25) is 4.98 Å². The van der Waals surface area contributed by atoms with Gasteiger partial charge < -0.3 is 9.31 Å². The molecule has 1 aliphatic heterocycles. The molecule has 7 heteroatoms. The Bertz CT molecular complexity index is 929. The Balaban J connectivity index is 2.12. The van der Waals surface area contributed by atoms with Crippen LogP contribution in [0.1, 0.15) is 43.0 Å². The molecule has 0 unspecified atom stereocenters. The minimum atomic E-state index is -2.72. The predicted molar refractivity (Wildman–Crippen MR) is 79.6 cm³/mol. The van der Waals surface area contributed by atoms with Crippen LogP contribution in [-0.4, -0.2) is 38.1 Å². The van der Waals surface area contributed by atoms with Crippen LogP contribution in [-0.2, 0) is 9.31 Å². The fourth-order valence-electron chi connectivity index (χ4n) is 1.82. The van der Waals surface area contributed by atoms with Crippen molar-refractivity contribution in [1.82, 2.24) is 19.7 Å². The summed E-state index contributed by atoms with van der Waals surface area (Å²) in [4.78, 5) is 7.41. The van der Waals surface area contributed by atoms with Crippen LogP contribution in [0.2, 0.25) is 0 Å². The summed E-state index contributed by atoms with van der Waals surface area (Å²) in [5.41, 5.74) is -1.97. The summed E-state index contributed by atoms with van der Waals surface area (Å²) in [6.07, 6.45) is -1.84. The van der Waals surface area contributed by atoms with Crippen LogP contribution >= 0.6 is 0 Å². The zero-order chi connectivity index (χ0) is 21.2. The lowest BCUT2D eigenvalue weighted by atomic mass is 9.82. The zero-order valence-electron chi connectivity index (χ0n) is 19.2. The topological polar surface area (TPSA) is 62.1 Å². The first-order valence-electron chi connectivity index (χ1n) is 9.93. The largest absolute Gasteiger partial charge is 0.498 e. The molecule has 0 radical (unpaired) electrons.